The Kier molecular flexibility index (Phi) is 3.03. The lowest BCUT2D eigenvalue weighted by atomic mass is 9.86. The zero-order valence-electron chi connectivity index (χ0n) is 8.35. The number of aromatic nitrogens is 2. The third-order valence-electron chi connectivity index (χ3n) is 2.70. The molecule has 0 aliphatic heterocycles. The van der Waals surface area contributed by atoms with Gasteiger partial charge < -0.3 is 10.5 Å². The summed E-state index contributed by atoms with van der Waals surface area (Å²) in [4.78, 5) is 0. The Balaban J connectivity index is 1.58. The van der Waals surface area contributed by atoms with E-state index in [-0.39, 0.29) is 0 Å². The number of hydrogen-bond acceptors (Lipinski definition) is 3. The van der Waals surface area contributed by atoms with Crippen LogP contribution in [0.3, 0.4) is 0 Å². The van der Waals surface area contributed by atoms with E-state index in [4.69, 9.17) is 10.5 Å². The van der Waals surface area contributed by atoms with E-state index >= 15 is 0 Å². The average Bonchev–Trinajstić information content (AvgIpc) is 2.48. The molecule has 0 unspecified atom stereocenters. The topological polar surface area (TPSA) is 53.1 Å². The third kappa shape index (κ3) is 2.48. The fraction of sp³-hybridized carbons (Fsp3) is 0.700. The highest BCUT2D eigenvalue weighted by atomic mass is 16.5. The van der Waals surface area contributed by atoms with Gasteiger partial charge in [0.05, 0.1) is 25.0 Å². The van der Waals surface area contributed by atoms with Crippen molar-refractivity contribution < 1.29 is 4.74 Å². The van der Waals surface area contributed by atoms with E-state index in [1.54, 1.807) is 6.20 Å². The Morgan fingerprint density at radius 1 is 1.57 bits per heavy atom. The molecule has 1 aliphatic carbocycles. The Morgan fingerprint density at radius 3 is 3.00 bits per heavy atom. The first kappa shape index (κ1) is 9.52. The largest absolute Gasteiger partial charge is 0.396 e. The molecule has 0 atom stereocenters. The van der Waals surface area contributed by atoms with E-state index in [9.17, 15) is 0 Å². The van der Waals surface area contributed by atoms with E-state index in [0.717, 1.165) is 25.7 Å². The van der Waals surface area contributed by atoms with Crippen molar-refractivity contribution in [3.63, 3.8) is 0 Å². The average molecular weight is 195 g/mol. The van der Waals surface area contributed by atoms with Crippen molar-refractivity contribution in [1.29, 1.82) is 0 Å². The minimum atomic E-state index is 0.712. The van der Waals surface area contributed by atoms with Crippen molar-refractivity contribution in [2.75, 3.05) is 18.9 Å². The fourth-order valence-corrected chi connectivity index (χ4v) is 1.57. The molecule has 0 saturated heterocycles. The number of hydrogen-bond donors (Lipinski definition) is 1. The van der Waals surface area contributed by atoms with Gasteiger partial charge in [-0.3, -0.25) is 4.68 Å². The van der Waals surface area contributed by atoms with E-state index in [1.165, 1.54) is 19.3 Å². The molecule has 1 aromatic heterocycles. The Hall–Kier alpha value is -1.03. The highest BCUT2D eigenvalue weighted by Crippen LogP contribution is 2.26. The molecule has 0 radical (unpaired) electrons. The molecular formula is C10H17N3O. The van der Waals surface area contributed by atoms with E-state index in [0.29, 0.717) is 5.69 Å². The standard InChI is InChI=1S/C10H17N3O/c11-10-6-12-13(7-10)4-5-14-8-9-2-1-3-9/h6-7,9H,1-5,8,11H2. The zero-order chi connectivity index (χ0) is 9.80. The summed E-state index contributed by atoms with van der Waals surface area (Å²) in [7, 11) is 0. The quantitative estimate of drug-likeness (QED) is 0.720. The highest BCUT2D eigenvalue weighted by molar-refractivity contribution is 5.30. The van der Waals surface area contributed by atoms with Crippen LogP contribution in [-0.4, -0.2) is 23.0 Å². The molecule has 1 saturated carbocycles. The third-order valence-corrected chi connectivity index (χ3v) is 2.70. The monoisotopic (exact) mass is 195 g/mol. The molecule has 1 heterocycles. The van der Waals surface area contributed by atoms with Crippen LogP contribution in [0.4, 0.5) is 5.69 Å². The molecule has 0 amide bonds. The van der Waals surface area contributed by atoms with Crippen molar-refractivity contribution in [2.45, 2.75) is 25.8 Å². The van der Waals surface area contributed by atoms with E-state index in [2.05, 4.69) is 5.10 Å². The maximum atomic E-state index is 5.55. The number of anilines is 1. The Bertz CT molecular complexity index is 281. The van der Waals surface area contributed by atoms with Crippen LogP contribution in [0.1, 0.15) is 19.3 Å². The van der Waals surface area contributed by atoms with Gasteiger partial charge in [-0.25, -0.2) is 0 Å². The van der Waals surface area contributed by atoms with Gasteiger partial charge in [0.25, 0.3) is 0 Å². The Morgan fingerprint density at radius 2 is 2.43 bits per heavy atom. The summed E-state index contributed by atoms with van der Waals surface area (Å²) < 4.78 is 7.36. The molecule has 1 fully saturated rings. The van der Waals surface area contributed by atoms with Gasteiger partial charge in [-0.2, -0.15) is 5.10 Å². The predicted molar refractivity (Wildman–Crippen MR) is 54.8 cm³/mol. The number of rotatable bonds is 5. The zero-order valence-corrected chi connectivity index (χ0v) is 8.35. The maximum absolute atomic E-state index is 5.55. The van der Waals surface area contributed by atoms with Gasteiger partial charge in [-0.15, -0.1) is 0 Å². The van der Waals surface area contributed by atoms with Gasteiger partial charge in [0.1, 0.15) is 0 Å². The minimum Gasteiger partial charge on any atom is -0.396 e. The molecule has 14 heavy (non-hydrogen) atoms. The first-order valence-electron chi connectivity index (χ1n) is 5.20. The van der Waals surface area contributed by atoms with Crippen LogP contribution < -0.4 is 5.73 Å². The molecule has 1 aromatic rings. The summed E-state index contributed by atoms with van der Waals surface area (Å²) in [6, 6.07) is 0. The van der Waals surface area contributed by atoms with Crippen LogP contribution in [0.5, 0.6) is 0 Å². The second kappa shape index (κ2) is 4.46. The minimum absolute atomic E-state index is 0.712. The molecule has 0 aromatic carbocycles. The van der Waals surface area contributed by atoms with Crippen molar-refractivity contribution in [3.05, 3.63) is 12.4 Å². The van der Waals surface area contributed by atoms with Gasteiger partial charge in [0, 0.05) is 12.8 Å². The van der Waals surface area contributed by atoms with Crippen molar-refractivity contribution in [1.82, 2.24) is 9.78 Å². The molecular weight excluding hydrogens is 178 g/mol. The predicted octanol–water partition coefficient (Wildman–Crippen LogP) is 1.28. The SMILES string of the molecule is Nc1cnn(CCOCC2CCC2)c1. The molecule has 1 aliphatic rings. The van der Waals surface area contributed by atoms with Gasteiger partial charge in [0.2, 0.25) is 0 Å². The van der Waals surface area contributed by atoms with Gasteiger partial charge in [-0.1, -0.05) is 6.42 Å². The van der Waals surface area contributed by atoms with Crippen LogP contribution in [0.2, 0.25) is 0 Å². The molecule has 2 rings (SSSR count). The van der Waals surface area contributed by atoms with Gasteiger partial charge in [-0.05, 0) is 18.8 Å². The normalized spacial score (nSPS) is 16.9. The summed E-state index contributed by atoms with van der Waals surface area (Å²) >= 11 is 0. The lowest BCUT2D eigenvalue weighted by Crippen LogP contribution is -2.19. The molecule has 0 bridgehead atoms. The number of nitrogen functional groups attached to an aromatic ring is 1. The summed E-state index contributed by atoms with van der Waals surface area (Å²) in [5.41, 5.74) is 6.25. The first-order chi connectivity index (χ1) is 6.84. The van der Waals surface area contributed by atoms with Crippen molar-refractivity contribution in [2.24, 2.45) is 5.92 Å². The lowest BCUT2D eigenvalue weighted by molar-refractivity contribution is 0.0641. The molecule has 78 valence electrons. The second-order valence-corrected chi connectivity index (χ2v) is 3.91. The fourth-order valence-electron chi connectivity index (χ4n) is 1.57. The van der Waals surface area contributed by atoms with Crippen molar-refractivity contribution in [3.8, 4) is 0 Å². The summed E-state index contributed by atoms with van der Waals surface area (Å²) in [6.45, 7) is 2.44. The smallest absolute Gasteiger partial charge is 0.0719 e. The Labute approximate surface area is 84.0 Å². The number of ether oxygens (including phenoxy) is 1. The van der Waals surface area contributed by atoms with Crippen LogP contribution >= 0.6 is 0 Å². The highest BCUT2D eigenvalue weighted by Gasteiger charge is 2.16. The van der Waals surface area contributed by atoms with Crippen LogP contribution in [0, 0.1) is 5.92 Å². The van der Waals surface area contributed by atoms with Crippen LogP contribution in [0.15, 0.2) is 12.4 Å². The molecule has 0 spiro atoms. The lowest BCUT2D eigenvalue weighted by Gasteiger charge is -2.24. The van der Waals surface area contributed by atoms with Crippen LogP contribution in [0.25, 0.3) is 0 Å². The molecule has 2 N–H and O–H groups in total. The van der Waals surface area contributed by atoms with Gasteiger partial charge >= 0.3 is 0 Å². The van der Waals surface area contributed by atoms with Gasteiger partial charge in [0.15, 0.2) is 0 Å². The van der Waals surface area contributed by atoms with E-state index < -0.39 is 0 Å². The molecule has 4 heteroatoms. The summed E-state index contributed by atoms with van der Waals surface area (Å²) in [5, 5.41) is 4.08. The second-order valence-electron chi connectivity index (χ2n) is 3.91. The summed E-state index contributed by atoms with van der Waals surface area (Å²) in [5.74, 6) is 0.817. The van der Waals surface area contributed by atoms with Crippen LogP contribution in [-0.2, 0) is 11.3 Å². The molecule has 4 nitrogen and oxygen atoms in total. The number of nitrogens with zero attached hydrogens (tertiary/aromatic N) is 2. The first-order valence-corrected chi connectivity index (χ1v) is 5.20. The maximum Gasteiger partial charge on any atom is 0.0719 e. The summed E-state index contributed by atoms with van der Waals surface area (Å²) in [6.07, 6.45) is 7.55. The van der Waals surface area contributed by atoms with E-state index in [1.807, 2.05) is 10.9 Å². The number of nitrogens with two attached hydrogens (primary N) is 1. The van der Waals surface area contributed by atoms with Crippen molar-refractivity contribution >= 4 is 5.69 Å².